The summed E-state index contributed by atoms with van der Waals surface area (Å²) in [6.07, 6.45) is 0.721. The molecule has 2 heterocycles. The number of ether oxygens (including phenoxy) is 1. The molecule has 1 unspecified atom stereocenters. The number of methoxy groups -OCH3 is 1. The van der Waals surface area contributed by atoms with Gasteiger partial charge in [0.2, 0.25) is 5.76 Å². The highest BCUT2D eigenvalue weighted by Gasteiger charge is 2.42. The quantitative estimate of drug-likeness (QED) is 0.588. The lowest BCUT2D eigenvalue weighted by Gasteiger charge is -2.25. The Morgan fingerprint density at radius 3 is 2.60 bits per heavy atom. The minimum absolute atomic E-state index is 0.0373. The van der Waals surface area contributed by atoms with Crippen molar-refractivity contribution in [2.45, 2.75) is 33.2 Å². The van der Waals surface area contributed by atoms with E-state index in [-0.39, 0.29) is 28.6 Å². The Kier molecular flexibility index (Phi) is 5.10. The predicted octanol–water partition coefficient (Wildman–Crippen LogP) is 4.84. The van der Waals surface area contributed by atoms with E-state index in [0.29, 0.717) is 33.1 Å². The number of benzene rings is 2. The van der Waals surface area contributed by atoms with Gasteiger partial charge in [0.1, 0.15) is 5.58 Å². The van der Waals surface area contributed by atoms with Crippen molar-refractivity contribution in [3.8, 4) is 11.5 Å². The van der Waals surface area contributed by atoms with Gasteiger partial charge in [-0.25, -0.2) is 0 Å². The molecule has 6 nitrogen and oxygen atoms in total. The largest absolute Gasteiger partial charge is 0.503 e. The van der Waals surface area contributed by atoms with E-state index < -0.39 is 6.04 Å². The maximum absolute atomic E-state index is 13.6. The van der Waals surface area contributed by atoms with Gasteiger partial charge in [-0.15, -0.1) is 0 Å². The predicted molar refractivity (Wildman–Crippen MR) is 117 cm³/mol. The highest BCUT2D eigenvalue weighted by atomic mass is 79.9. The van der Waals surface area contributed by atoms with Crippen LogP contribution in [0.4, 0.5) is 0 Å². The monoisotopic (exact) mass is 471 g/mol. The summed E-state index contributed by atoms with van der Waals surface area (Å²) in [5.74, 6) is -0.00398. The Labute approximate surface area is 182 Å². The average molecular weight is 472 g/mol. The number of rotatable bonds is 4. The number of halogens is 1. The van der Waals surface area contributed by atoms with Crippen LogP contribution in [0.25, 0.3) is 11.0 Å². The second kappa shape index (κ2) is 7.47. The van der Waals surface area contributed by atoms with Crippen LogP contribution in [0.5, 0.6) is 11.5 Å². The summed E-state index contributed by atoms with van der Waals surface area (Å²) in [7, 11) is 1.45. The first kappa shape index (κ1) is 20.5. The summed E-state index contributed by atoms with van der Waals surface area (Å²) in [4.78, 5) is 28.5. The molecule has 0 fully saturated rings. The Hall–Kier alpha value is -2.80. The van der Waals surface area contributed by atoms with Crippen LogP contribution in [0, 0.1) is 13.8 Å². The molecule has 1 aliphatic heterocycles. The van der Waals surface area contributed by atoms with Crippen LogP contribution in [0.1, 0.15) is 52.2 Å². The third-order valence-electron chi connectivity index (χ3n) is 5.46. The van der Waals surface area contributed by atoms with E-state index >= 15 is 0 Å². The second-order valence-corrected chi connectivity index (χ2v) is 8.44. The van der Waals surface area contributed by atoms with Crippen molar-refractivity contribution in [1.29, 1.82) is 0 Å². The minimum Gasteiger partial charge on any atom is -0.503 e. The summed E-state index contributed by atoms with van der Waals surface area (Å²) in [6, 6.07) is 6.45. The van der Waals surface area contributed by atoms with Gasteiger partial charge in [-0.2, -0.15) is 0 Å². The third-order valence-corrected chi connectivity index (χ3v) is 6.07. The van der Waals surface area contributed by atoms with Gasteiger partial charge in [0.15, 0.2) is 16.9 Å². The number of phenols is 1. The van der Waals surface area contributed by atoms with Crippen molar-refractivity contribution < 1.29 is 19.1 Å². The summed E-state index contributed by atoms with van der Waals surface area (Å²) in [5.41, 5.74) is 2.98. The molecule has 0 spiro atoms. The van der Waals surface area contributed by atoms with Gasteiger partial charge < -0.3 is 19.2 Å². The number of aryl methyl sites for hydroxylation is 2. The van der Waals surface area contributed by atoms with Crippen LogP contribution in [-0.2, 0) is 0 Å². The number of carbonyl (C=O) groups excluding carboxylic acids is 1. The number of carbonyl (C=O) groups is 1. The molecule has 0 radical (unpaired) electrons. The lowest BCUT2D eigenvalue weighted by molar-refractivity contribution is 0.0728. The molecule has 1 atom stereocenters. The molecule has 0 saturated carbocycles. The molecule has 1 aliphatic rings. The van der Waals surface area contributed by atoms with E-state index in [4.69, 9.17) is 9.15 Å². The van der Waals surface area contributed by atoms with Crippen LogP contribution >= 0.6 is 15.9 Å². The zero-order chi connectivity index (χ0) is 21.7. The fraction of sp³-hybridized carbons (Fsp3) is 0.304. The standard InChI is InChI=1S/C23H22BrNO5/c1-5-6-25-19(13-9-14(24)20(26)16(10-13)29-4)18-21(27)17-12(3)7-11(2)8-15(17)30-22(18)23(25)28/h7-10,19,26H,5-6H2,1-4H3. The van der Waals surface area contributed by atoms with Crippen molar-refractivity contribution in [3.63, 3.8) is 0 Å². The van der Waals surface area contributed by atoms with Crippen molar-refractivity contribution in [2.24, 2.45) is 0 Å². The number of hydrogen-bond acceptors (Lipinski definition) is 5. The van der Waals surface area contributed by atoms with Crippen LogP contribution in [0.2, 0.25) is 0 Å². The molecule has 4 rings (SSSR count). The van der Waals surface area contributed by atoms with Gasteiger partial charge in [-0.1, -0.05) is 13.0 Å². The molecule has 0 saturated heterocycles. The maximum Gasteiger partial charge on any atom is 0.290 e. The number of nitrogens with zero attached hydrogens (tertiary/aromatic N) is 1. The van der Waals surface area contributed by atoms with Gasteiger partial charge in [-0.05, 0) is 71.1 Å². The lowest BCUT2D eigenvalue weighted by atomic mass is 9.96. The van der Waals surface area contributed by atoms with E-state index in [1.54, 1.807) is 23.1 Å². The fourth-order valence-electron chi connectivity index (χ4n) is 4.24. The van der Waals surface area contributed by atoms with Crippen LogP contribution < -0.4 is 10.2 Å². The number of amides is 1. The molecule has 0 aliphatic carbocycles. The first-order valence-electron chi connectivity index (χ1n) is 9.73. The Balaban J connectivity index is 2.05. The molecule has 1 amide bonds. The first-order valence-corrected chi connectivity index (χ1v) is 10.5. The smallest absolute Gasteiger partial charge is 0.290 e. The molecule has 30 heavy (non-hydrogen) atoms. The van der Waals surface area contributed by atoms with E-state index in [1.165, 1.54) is 7.11 Å². The molecule has 7 heteroatoms. The lowest BCUT2D eigenvalue weighted by Crippen LogP contribution is -2.30. The second-order valence-electron chi connectivity index (χ2n) is 7.58. The Morgan fingerprint density at radius 2 is 1.93 bits per heavy atom. The summed E-state index contributed by atoms with van der Waals surface area (Å²) >= 11 is 3.34. The molecule has 1 N–H and O–H groups in total. The maximum atomic E-state index is 13.6. The fourth-order valence-corrected chi connectivity index (χ4v) is 4.70. The van der Waals surface area contributed by atoms with Gasteiger partial charge >= 0.3 is 0 Å². The minimum atomic E-state index is -0.625. The molecule has 0 bridgehead atoms. The zero-order valence-electron chi connectivity index (χ0n) is 17.2. The van der Waals surface area contributed by atoms with E-state index in [0.717, 1.165) is 17.5 Å². The molecule has 3 aromatic rings. The third kappa shape index (κ3) is 2.99. The summed E-state index contributed by atoms with van der Waals surface area (Å²) in [5, 5.41) is 10.7. The normalized spacial score (nSPS) is 15.7. The van der Waals surface area contributed by atoms with Crippen LogP contribution in [-0.4, -0.2) is 29.6 Å². The zero-order valence-corrected chi connectivity index (χ0v) is 18.8. The first-order chi connectivity index (χ1) is 14.3. The molecule has 2 aromatic carbocycles. The van der Waals surface area contributed by atoms with Crippen molar-refractivity contribution in [1.82, 2.24) is 4.90 Å². The molecular weight excluding hydrogens is 450 g/mol. The number of hydrogen-bond donors (Lipinski definition) is 1. The van der Waals surface area contributed by atoms with Gasteiger partial charge in [0.05, 0.1) is 28.6 Å². The number of fused-ring (bicyclic) bond motifs is 2. The number of phenolic OH excluding ortho intramolecular Hbond substituents is 1. The van der Waals surface area contributed by atoms with E-state index in [9.17, 15) is 14.7 Å². The van der Waals surface area contributed by atoms with Crippen LogP contribution in [0.15, 0.2) is 37.9 Å². The average Bonchev–Trinajstić information content (AvgIpc) is 2.96. The molecule has 156 valence electrons. The van der Waals surface area contributed by atoms with Gasteiger partial charge in [0.25, 0.3) is 5.91 Å². The Morgan fingerprint density at radius 1 is 1.20 bits per heavy atom. The van der Waals surface area contributed by atoms with E-state index in [2.05, 4.69) is 15.9 Å². The highest BCUT2D eigenvalue weighted by Crippen LogP contribution is 2.43. The number of aromatic hydroxyl groups is 1. The highest BCUT2D eigenvalue weighted by molar-refractivity contribution is 9.10. The topological polar surface area (TPSA) is 80.0 Å². The van der Waals surface area contributed by atoms with Crippen LogP contribution in [0.3, 0.4) is 0 Å². The SMILES string of the molecule is CCCN1C(=O)c2oc3cc(C)cc(C)c3c(=O)c2C1c1cc(Br)c(O)c(OC)c1. The van der Waals surface area contributed by atoms with Gasteiger partial charge in [0, 0.05) is 6.54 Å². The summed E-state index contributed by atoms with van der Waals surface area (Å²) in [6.45, 7) is 6.23. The van der Waals surface area contributed by atoms with Gasteiger partial charge in [-0.3, -0.25) is 9.59 Å². The summed E-state index contributed by atoms with van der Waals surface area (Å²) < 4.78 is 11.7. The molecular formula is C23H22BrNO5. The van der Waals surface area contributed by atoms with Crippen molar-refractivity contribution in [3.05, 3.63) is 67.0 Å². The van der Waals surface area contributed by atoms with Crippen molar-refractivity contribution in [2.75, 3.05) is 13.7 Å². The molecule has 1 aromatic heterocycles. The van der Waals surface area contributed by atoms with E-state index in [1.807, 2.05) is 26.8 Å². The van der Waals surface area contributed by atoms with Crippen molar-refractivity contribution >= 4 is 32.8 Å². The Bertz CT molecular complexity index is 1250.